The van der Waals surface area contributed by atoms with E-state index in [-0.39, 0.29) is 27.3 Å². The zero-order chi connectivity index (χ0) is 38.6. The summed E-state index contributed by atoms with van der Waals surface area (Å²) in [5, 5.41) is 17.4. The first kappa shape index (κ1) is 36.9. The number of carbonyl (C=O) groups excluding carboxylic acids is 3. The number of nitrogen functional groups attached to an aromatic ring is 1. The first-order valence-electron chi connectivity index (χ1n) is 15.5. The molecule has 6 rings (SSSR count). The van der Waals surface area contributed by atoms with Gasteiger partial charge in [-0.05, 0) is 121 Å². The van der Waals surface area contributed by atoms with Gasteiger partial charge >= 0.3 is 0 Å². The summed E-state index contributed by atoms with van der Waals surface area (Å²) in [4.78, 5) is 38.1. The average Bonchev–Trinajstić information content (AvgIpc) is 3.13. The van der Waals surface area contributed by atoms with Gasteiger partial charge in [-0.2, -0.15) is 32.2 Å². The predicted octanol–water partition coefficient (Wildman–Crippen LogP) is 6.33. The molecule has 5 aromatic rings. The third kappa shape index (κ3) is 8.77. The molecule has 2 amide bonds. The predicted molar refractivity (Wildman–Crippen MR) is 201 cm³/mol. The fourth-order valence-electron chi connectivity index (χ4n) is 5.02. The lowest BCUT2D eigenvalue weighted by atomic mass is 9.94. The van der Waals surface area contributed by atoms with Gasteiger partial charge in [-0.3, -0.25) is 28.9 Å². The van der Waals surface area contributed by atoms with E-state index in [9.17, 15) is 35.8 Å². The van der Waals surface area contributed by atoms with Crippen molar-refractivity contribution in [1.29, 1.82) is 0 Å². The Labute approximate surface area is 307 Å². The highest BCUT2D eigenvalue weighted by molar-refractivity contribution is 7.91. The highest BCUT2D eigenvalue weighted by Crippen LogP contribution is 2.29. The molecular formula is C36H27N7O9S2. The van der Waals surface area contributed by atoms with E-state index in [1.165, 1.54) is 78.9 Å². The SMILES string of the molecule is Nc1ccc(C(=O)Nc2cccc(C(=O)Nc3ccc4c(c3)C=C(S(=O)(=O)O)/C(=N/Nc3ccc(N=Nc5ccc(S(=O)(=O)O)cc5)cc3)C4=O)c2)cc1. The number of nitrogens with zero attached hydrogens (tertiary/aromatic N) is 3. The van der Waals surface area contributed by atoms with E-state index >= 15 is 0 Å². The van der Waals surface area contributed by atoms with Gasteiger partial charge in [0.15, 0.2) is 5.71 Å². The fourth-order valence-corrected chi connectivity index (χ4v) is 6.16. The average molecular weight is 766 g/mol. The molecule has 1 aliphatic carbocycles. The minimum atomic E-state index is -4.96. The number of Topliss-reactive ketones (excluding diaryl/α,β-unsaturated/α-hetero) is 1. The Balaban J connectivity index is 1.15. The molecule has 0 atom stereocenters. The maximum atomic E-state index is 13.5. The van der Waals surface area contributed by atoms with E-state index in [1.807, 2.05) is 0 Å². The molecular weight excluding hydrogens is 739 g/mol. The number of carbonyl (C=O) groups is 3. The molecule has 1 aliphatic rings. The molecule has 5 aromatic carbocycles. The highest BCUT2D eigenvalue weighted by atomic mass is 32.2. The lowest BCUT2D eigenvalue weighted by Crippen LogP contribution is -2.27. The number of rotatable bonds is 10. The Hall–Kier alpha value is -6.86. The number of fused-ring (bicyclic) bond motifs is 1. The van der Waals surface area contributed by atoms with Crippen LogP contribution in [0.3, 0.4) is 0 Å². The van der Waals surface area contributed by atoms with Gasteiger partial charge < -0.3 is 16.4 Å². The number of nitrogens with one attached hydrogen (secondary N) is 3. The second-order valence-corrected chi connectivity index (χ2v) is 14.3. The number of allylic oxidation sites excluding steroid dienone is 1. The zero-order valence-corrected chi connectivity index (χ0v) is 29.2. The van der Waals surface area contributed by atoms with Gasteiger partial charge in [0.2, 0.25) is 5.78 Å². The smallest absolute Gasteiger partial charge is 0.296 e. The van der Waals surface area contributed by atoms with Crippen molar-refractivity contribution in [2.75, 3.05) is 21.8 Å². The molecule has 0 fully saturated rings. The van der Waals surface area contributed by atoms with Crippen LogP contribution in [-0.4, -0.2) is 49.3 Å². The molecule has 0 heterocycles. The van der Waals surface area contributed by atoms with E-state index in [2.05, 4.69) is 31.4 Å². The lowest BCUT2D eigenvalue weighted by molar-refractivity contribution is 0.101. The van der Waals surface area contributed by atoms with Gasteiger partial charge in [0, 0.05) is 33.8 Å². The Morgan fingerprint density at radius 3 is 1.81 bits per heavy atom. The quantitative estimate of drug-likeness (QED) is 0.0396. The fraction of sp³-hybridized carbons (Fsp3) is 0. The summed E-state index contributed by atoms with van der Waals surface area (Å²) in [6.45, 7) is 0. The number of benzene rings is 5. The van der Waals surface area contributed by atoms with Gasteiger partial charge in [0.25, 0.3) is 32.1 Å². The summed E-state index contributed by atoms with van der Waals surface area (Å²) in [6, 6.07) is 27.8. The molecule has 7 N–H and O–H groups in total. The van der Waals surface area contributed by atoms with Crippen LogP contribution in [0, 0.1) is 0 Å². The van der Waals surface area contributed by atoms with Crippen LogP contribution in [0.2, 0.25) is 0 Å². The van der Waals surface area contributed by atoms with Gasteiger partial charge in [0.05, 0.1) is 22.0 Å². The van der Waals surface area contributed by atoms with Crippen LogP contribution in [-0.2, 0) is 20.2 Å². The van der Waals surface area contributed by atoms with Crippen molar-refractivity contribution in [3.05, 3.63) is 142 Å². The minimum Gasteiger partial charge on any atom is -0.399 e. The van der Waals surface area contributed by atoms with Crippen LogP contribution in [0.25, 0.3) is 6.08 Å². The summed E-state index contributed by atoms with van der Waals surface area (Å²) < 4.78 is 66.3. The number of nitrogens with two attached hydrogens (primary N) is 1. The van der Waals surface area contributed by atoms with Crippen molar-refractivity contribution in [1.82, 2.24) is 0 Å². The van der Waals surface area contributed by atoms with Crippen molar-refractivity contribution in [2.24, 2.45) is 15.3 Å². The van der Waals surface area contributed by atoms with Gasteiger partial charge in [-0.25, -0.2) is 0 Å². The molecule has 0 saturated heterocycles. The van der Waals surface area contributed by atoms with E-state index in [4.69, 9.17) is 10.3 Å². The van der Waals surface area contributed by atoms with Crippen molar-refractivity contribution in [3.63, 3.8) is 0 Å². The number of anilines is 4. The molecule has 0 unspecified atom stereocenters. The number of azo groups is 1. The van der Waals surface area contributed by atoms with E-state index in [1.54, 1.807) is 36.4 Å². The molecule has 0 aliphatic heterocycles. The summed E-state index contributed by atoms with van der Waals surface area (Å²) in [5.41, 5.74) is 10.5. The molecule has 18 heteroatoms. The molecule has 0 saturated carbocycles. The van der Waals surface area contributed by atoms with Crippen LogP contribution in [0.15, 0.2) is 140 Å². The number of amides is 2. The monoisotopic (exact) mass is 765 g/mol. The lowest BCUT2D eigenvalue weighted by Gasteiger charge is -2.17. The Morgan fingerprint density at radius 1 is 0.630 bits per heavy atom. The molecule has 0 aromatic heterocycles. The van der Waals surface area contributed by atoms with Crippen molar-refractivity contribution >= 4 is 83.7 Å². The largest absolute Gasteiger partial charge is 0.399 e. The van der Waals surface area contributed by atoms with Crippen molar-refractivity contribution < 1.29 is 40.3 Å². The molecule has 0 radical (unpaired) electrons. The summed E-state index contributed by atoms with van der Waals surface area (Å²) in [5.74, 6) is -1.79. The third-order valence-electron chi connectivity index (χ3n) is 7.70. The number of ketones is 1. The number of hydrogen-bond donors (Lipinski definition) is 6. The van der Waals surface area contributed by atoms with E-state index < -0.39 is 48.5 Å². The van der Waals surface area contributed by atoms with Crippen molar-refractivity contribution in [2.45, 2.75) is 4.90 Å². The number of hydrazone groups is 1. The first-order chi connectivity index (χ1) is 25.6. The summed E-state index contributed by atoms with van der Waals surface area (Å²) >= 11 is 0. The van der Waals surface area contributed by atoms with Gasteiger partial charge in [-0.1, -0.05) is 6.07 Å². The second-order valence-electron chi connectivity index (χ2n) is 11.5. The summed E-state index contributed by atoms with van der Waals surface area (Å²) in [6.07, 6.45) is 1.06. The number of hydrogen-bond acceptors (Lipinski definition) is 12. The van der Waals surface area contributed by atoms with E-state index in [0.29, 0.717) is 34.0 Å². The molecule has 54 heavy (non-hydrogen) atoms. The van der Waals surface area contributed by atoms with Crippen LogP contribution in [0.5, 0.6) is 0 Å². The van der Waals surface area contributed by atoms with Crippen LogP contribution < -0.4 is 21.8 Å². The third-order valence-corrected chi connectivity index (χ3v) is 9.44. The van der Waals surface area contributed by atoms with Crippen LogP contribution in [0.4, 0.5) is 34.1 Å². The standard InChI is InChI=1S/C36H27N7O9S2/c37-24-6-4-21(5-7-24)35(45)38-28-3-1-2-22(18-28)36(46)39-29-14-17-31-23(19-29)20-32(54(50,51)52)33(34(31)44)43-42-26-10-8-25(9-11-26)40-41-27-12-15-30(16-13-27)53(47,48)49/h1-20,42H,37H2,(H,38,45)(H,39,46)(H,47,48,49)(H,50,51,52)/b41-40?,43-33-. The second kappa shape index (κ2) is 15.0. The van der Waals surface area contributed by atoms with Crippen LogP contribution >= 0.6 is 0 Å². The normalized spacial score (nSPS) is 13.6. The topological polar surface area (TPSA) is 259 Å². The molecule has 272 valence electrons. The Morgan fingerprint density at radius 2 is 1.20 bits per heavy atom. The van der Waals surface area contributed by atoms with E-state index in [0.717, 1.165) is 6.08 Å². The van der Waals surface area contributed by atoms with Gasteiger partial charge in [0.1, 0.15) is 4.91 Å². The van der Waals surface area contributed by atoms with Gasteiger partial charge in [-0.15, -0.1) is 0 Å². The first-order valence-corrected chi connectivity index (χ1v) is 18.4. The minimum absolute atomic E-state index is 0.0497. The Bertz CT molecular complexity index is 2620. The highest BCUT2D eigenvalue weighted by Gasteiger charge is 2.33. The maximum Gasteiger partial charge on any atom is 0.296 e. The maximum absolute atomic E-state index is 13.5. The molecule has 0 spiro atoms. The summed E-state index contributed by atoms with van der Waals surface area (Å²) in [7, 11) is -9.30. The molecule has 0 bridgehead atoms. The van der Waals surface area contributed by atoms with Crippen molar-refractivity contribution in [3.8, 4) is 0 Å². The Kier molecular flexibility index (Phi) is 10.3. The van der Waals surface area contributed by atoms with Crippen LogP contribution in [0.1, 0.15) is 36.6 Å². The molecule has 16 nitrogen and oxygen atoms in total. The zero-order valence-electron chi connectivity index (χ0n) is 27.5.